The number of fused-ring (bicyclic) bond motifs is 1. The monoisotopic (exact) mass is 305 g/mol. The van der Waals surface area contributed by atoms with Gasteiger partial charge >= 0.3 is 6.03 Å². The molecule has 3 N–H and O–H groups in total. The van der Waals surface area contributed by atoms with Crippen molar-refractivity contribution in [3.8, 4) is 0 Å². The van der Waals surface area contributed by atoms with Gasteiger partial charge in [0.1, 0.15) is 0 Å². The van der Waals surface area contributed by atoms with E-state index in [-0.39, 0.29) is 11.9 Å². The molecule has 21 heavy (non-hydrogen) atoms. The van der Waals surface area contributed by atoms with Crippen LogP contribution in [0.15, 0.2) is 17.5 Å². The Morgan fingerprint density at radius 3 is 3.05 bits per heavy atom. The van der Waals surface area contributed by atoms with Crippen LogP contribution in [0.3, 0.4) is 0 Å². The third-order valence-corrected chi connectivity index (χ3v) is 4.11. The predicted octanol–water partition coefficient (Wildman–Crippen LogP) is 1.77. The highest BCUT2D eigenvalue weighted by Crippen LogP contribution is 2.27. The summed E-state index contributed by atoms with van der Waals surface area (Å²) in [6, 6.07) is 3.47. The number of aromatic amines is 1. The minimum atomic E-state index is -0.184. The van der Waals surface area contributed by atoms with E-state index in [1.165, 1.54) is 11.3 Å². The number of thiophene rings is 1. The number of nitrogens with one attached hydrogen (secondary N) is 3. The number of hydrogen-bond donors (Lipinski definition) is 3. The van der Waals surface area contributed by atoms with E-state index in [1.807, 2.05) is 18.4 Å². The van der Waals surface area contributed by atoms with Crippen molar-refractivity contribution in [1.82, 2.24) is 20.4 Å². The molecule has 0 atom stereocenters. The van der Waals surface area contributed by atoms with Crippen LogP contribution in [0, 0.1) is 0 Å². The second-order valence-electron chi connectivity index (χ2n) is 4.65. The Morgan fingerprint density at radius 2 is 2.33 bits per heavy atom. The van der Waals surface area contributed by atoms with Crippen LogP contribution in [-0.2, 0) is 13.1 Å². The molecule has 0 fully saturated rings. The molecule has 0 saturated heterocycles. The number of anilines is 1. The first kappa shape index (κ1) is 13.6. The molecule has 0 aliphatic carbocycles. The lowest BCUT2D eigenvalue weighted by atomic mass is 10.3. The first-order valence-corrected chi connectivity index (χ1v) is 7.50. The summed E-state index contributed by atoms with van der Waals surface area (Å²) >= 11 is 1.37. The van der Waals surface area contributed by atoms with Gasteiger partial charge in [-0.15, -0.1) is 11.3 Å². The molecule has 0 bridgehead atoms. The van der Waals surface area contributed by atoms with Gasteiger partial charge in [0.2, 0.25) is 0 Å². The Bertz CT molecular complexity index is 664. The second kappa shape index (κ2) is 5.57. The van der Waals surface area contributed by atoms with Crippen molar-refractivity contribution in [2.45, 2.75) is 20.0 Å². The highest BCUT2D eigenvalue weighted by atomic mass is 32.1. The normalized spacial score (nSPS) is 13.1. The van der Waals surface area contributed by atoms with Crippen molar-refractivity contribution in [2.24, 2.45) is 0 Å². The summed E-state index contributed by atoms with van der Waals surface area (Å²) in [7, 11) is 0. The van der Waals surface area contributed by atoms with Crippen LogP contribution < -0.4 is 10.6 Å². The lowest BCUT2D eigenvalue weighted by Gasteiger charge is -2.15. The maximum absolute atomic E-state index is 12.0. The van der Waals surface area contributed by atoms with Gasteiger partial charge in [-0.3, -0.25) is 9.89 Å². The summed E-state index contributed by atoms with van der Waals surface area (Å²) in [6.07, 6.45) is 0. The minimum Gasteiger partial charge on any atom is -0.338 e. The molecule has 8 heteroatoms. The number of rotatable bonds is 3. The van der Waals surface area contributed by atoms with E-state index in [4.69, 9.17) is 0 Å². The molecular formula is C13H15N5O2S. The van der Waals surface area contributed by atoms with Gasteiger partial charge < -0.3 is 15.5 Å². The van der Waals surface area contributed by atoms with Crippen molar-refractivity contribution in [1.29, 1.82) is 0 Å². The maximum Gasteiger partial charge on any atom is 0.318 e. The summed E-state index contributed by atoms with van der Waals surface area (Å²) in [5.74, 6) is 0.311. The molecule has 0 spiro atoms. The van der Waals surface area contributed by atoms with Crippen molar-refractivity contribution in [3.05, 3.63) is 33.6 Å². The van der Waals surface area contributed by atoms with Crippen LogP contribution in [0.1, 0.15) is 27.9 Å². The Hall–Kier alpha value is -2.35. The molecule has 0 aromatic carbocycles. The van der Waals surface area contributed by atoms with Gasteiger partial charge in [-0.05, 0) is 18.4 Å². The summed E-state index contributed by atoms with van der Waals surface area (Å²) < 4.78 is 0. The maximum atomic E-state index is 12.0. The van der Waals surface area contributed by atoms with Crippen LogP contribution >= 0.6 is 11.3 Å². The Labute approximate surface area is 125 Å². The second-order valence-corrected chi connectivity index (χ2v) is 5.60. The average molecular weight is 305 g/mol. The van der Waals surface area contributed by atoms with E-state index >= 15 is 0 Å². The fourth-order valence-corrected chi connectivity index (χ4v) is 2.85. The molecule has 3 rings (SSSR count). The smallest absolute Gasteiger partial charge is 0.318 e. The quantitative estimate of drug-likeness (QED) is 0.807. The predicted molar refractivity (Wildman–Crippen MR) is 79.2 cm³/mol. The Kier molecular flexibility index (Phi) is 3.61. The topological polar surface area (TPSA) is 90.1 Å². The zero-order valence-corrected chi connectivity index (χ0v) is 12.3. The van der Waals surface area contributed by atoms with Crippen LogP contribution in [0.4, 0.5) is 10.6 Å². The van der Waals surface area contributed by atoms with E-state index in [0.29, 0.717) is 30.3 Å². The SMILES string of the molecule is CCNC(=O)N1Cc2[nH]nc(NC(=O)c3cccs3)c2C1. The molecular weight excluding hydrogens is 290 g/mol. The van der Waals surface area contributed by atoms with Gasteiger partial charge in [0.15, 0.2) is 5.82 Å². The van der Waals surface area contributed by atoms with Crippen molar-refractivity contribution >= 4 is 29.1 Å². The fraction of sp³-hybridized carbons (Fsp3) is 0.308. The number of carbonyl (C=O) groups excluding carboxylic acids is 2. The van der Waals surface area contributed by atoms with Crippen LogP contribution in [0.2, 0.25) is 0 Å². The van der Waals surface area contributed by atoms with Crippen molar-refractivity contribution < 1.29 is 9.59 Å². The van der Waals surface area contributed by atoms with E-state index in [0.717, 1.165) is 11.3 Å². The number of urea groups is 1. The number of H-pyrrole nitrogens is 1. The summed E-state index contributed by atoms with van der Waals surface area (Å²) in [4.78, 5) is 26.2. The minimum absolute atomic E-state index is 0.113. The first-order chi connectivity index (χ1) is 10.2. The highest BCUT2D eigenvalue weighted by molar-refractivity contribution is 7.12. The third-order valence-electron chi connectivity index (χ3n) is 3.24. The summed E-state index contributed by atoms with van der Waals surface area (Å²) in [6.45, 7) is 3.38. The molecule has 3 heterocycles. The molecule has 2 aromatic heterocycles. The van der Waals surface area contributed by atoms with E-state index in [1.54, 1.807) is 11.0 Å². The standard InChI is InChI=1S/C13H15N5O2S/c1-2-14-13(20)18-6-8-9(7-18)16-17-11(8)15-12(19)10-4-3-5-21-10/h3-5H,2,6-7H2,1H3,(H,14,20)(H2,15,16,17,19). The first-order valence-electron chi connectivity index (χ1n) is 6.62. The van der Waals surface area contributed by atoms with Gasteiger partial charge in [-0.2, -0.15) is 5.10 Å². The fourth-order valence-electron chi connectivity index (χ4n) is 2.23. The molecule has 2 aromatic rings. The Balaban J connectivity index is 1.71. The molecule has 3 amide bonds. The van der Waals surface area contributed by atoms with Gasteiger partial charge in [0.05, 0.1) is 23.7 Å². The van der Waals surface area contributed by atoms with Crippen LogP contribution in [-0.4, -0.2) is 33.6 Å². The number of carbonyl (C=O) groups is 2. The largest absolute Gasteiger partial charge is 0.338 e. The van der Waals surface area contributed by atoms with Crippen molar-refractivity contribution in [3.63, 3.8) is 0 Å². The molecule has 0 saturated carbocycles. The zero-order chi connectivity index (χ0) is 14.8. The Morgan fingerprint density at radius 1 is 1.48 bits per heavy atom. The lowest BCUT2D eigenvalue weighted by Crippen LogP contribution is -2.36. The average Bonchev–Trinajstić information content (AvgIpc) is 3.16. The van der Waals surface area contributed by atoms with Gasteiger partial charge in [0.25, 0.3) is 5.91 Å². The van der Waals surface area contributed by atoms with Gasteiger partial charge in [-0.25, -0.2) is 4.79 Å². The summed E-state index contributed by atoms with van der Waals surface area (Å²) in [5, 5.41) is 14.4. The highest BCUT2D eigenvalue weighted by Gasteiger charge is 2.28. The number of amides is 3. The van der Waals surface area contributed by atoms with Gasteiger partial charge in [0, 0.05) is 12.1 Å². The third kappa shape index (κ3) is 2.62. The number of nitrogens with zero attached hydrogens (tertiary/aromatic N) is 2. The molecule has 0 unspecified atom stereocenters. The zero-order valence-electron chi connectivity index (χ0n) is 11.5. The van der Waals surface area contributed by atoms with E-state index in [9.17, 15) is 9.59 Å². The lowest BCUT2D eigenvalue weighted by molar-refractivity contribution is 0.103. The van der Waals surface area contributed by atoms with E-state index < -0.39 is 0 Å². The molecule has 1 aliphatic heterocycles. The molecule has 7 nitrogen and oxygen atoms in total. The molecule has 0 radical (unpaired) electrons. The van der Waals surface area contributed by atoms with E-state index in [2.05, 4.69) is 20.8 Å². The number of aromatic nitrogens is 2. The van der Waals surface area contributed by atoms with Crippen molar-refractivity contribution in [2.75, 3.05) is 11.9 Å². The molecule has 110 valence electrons. The number of hydrogen-bond acceptors (Lipinski definition) is 4. The van der Waals surface area contributed by atoms with Crippen LogP contribution in [0.25, 0.3) is 0 Å². The van der Waals surface area contributed by atoms with Gasteiger partial charge in [-0.1, -0.05) is 6.07 Å². The van der Waals surface area contributed by atoms with Crippen LogP contribution in [0.5, 0.6) is 0 Å². The summed E-state index contributed by atoms with van der Waals surface area (Å²) in [5.41, 5.74) is 1.73. The molecule has 1 aliphatic rings.